The van der Waals surface area contributed by atoms with Gasteiger partial charge < -0.3 is 4.74 Å². The second-order valence-electron chi connectivity index (χ2n) is 5.06. The minimum Gasteiger partial charge on any atom is -0.345 e. The van der Waals surface area contributed by atoms with Crippen molar-refractivity contribution in [2.45, 2.75) is 19.5 Å². The fourth-order valence-corrected chi connectivity index (χ4v) is 2.47. The van der Waals surface area contributed by atoms with Crippen LogP contribution < -0.4 is 5.32 Å². The zero-order valence-corrected chi connectivity index (χ0v) is 11.5. The second kappa shape index (κ2) is 6.66. The van der Waals surface area contributed by atoms with Gasteiger partial charge in [0.2, 0.25) is 0 Å². The Hall–Kier alpha value is -1.68. The molecule has 1 fully saturated rings. The molecule has 3 heteroatoms. The number of hydrogen-bond donors (Lipinski definition) is 1. The smallest absolute Gasteiger partial charge is 0.166 e. The number of hydrogen-bond acceptors (Lipinski definition) is 3. The highest BCUT2D eigenvalue weighted by Crippen LogP contribution is 2.13. The largest absolute Gasteiger partial charge is 0.345 e. The Morgan fingerprint density at radius 3 is 2.30 bits per heavy atom. The van der Waals surface area contributed by atoms with Gasteiger partial charge in [0.15, 0.2) is 6.35 Å². The van der Waals surface area contributed by atoms with Gasteiger partial charge in [0.05, 0.1) is 6.61 Å². The van der Waals surface area contributed by atoms with Gasteiger partial charge in [-0.3, -0.25) is 10.2 Å². The molecule has 1 aliphatic heterocycles. The third-order valence-electron chi connectivity index (χ3n) is 3.53. The summed E-state index contributed by atoms with van der Waals surface area (Å²) in [5.41, 5.74) is 2.53. The van der Waals surface area contributed by atoms with Crippen molar-refractivity contribution in [1.82, 2.24) is 10.2 Å². The van der Waals surface area contributed by atoms with E-state index in [1.165, 1.54) is 11.1 Å². The summed E-state index contributed by atoms with van der Waals surface area (Å²) in [7, 11) is 0. The third kappa shape index (κ3) is 3.45. The molecule has 0 spiro atoms. The topological polar surface area (TPSA) is 24.5 Å². The van der Waals surface area contributed by atoms with E-state index < -0.39 is 0 Å². The first-order chi connectivity index (χ1) is 9.92. The van der Waals surface area contributed by atoms with Gasteiger partial charge in [-0.1, -0.05) is 60.7 Å². The molecule has 1 heterocycles. The number of nitrogens with zero attached hydrogens (tertiary/aromatic N) is 1. The minimum absolute atomic E-state index is 0.00964. The summed E-state index contributed by atoms with van der Waals surface area (Å²) < 4.78 is 5.99. The Labute approximate surface area is 120 Å². The van der Waals surface area contributed by atoms with Crippen molar-refractivity contribution in [3.8, 4) is 0 Å². The Morgan fingerprint density at radius 1 is 0.950 bits per heavy atom. The maximum absolute atomic E-state index is 5.99. The predicted octanol–water partition coefficient (Wildman–Crippen LogP) is 2.59. The molecular weight excluding hydrogens is 248 g/mol. The molecule has 0 amide bonds. The van der Waals surface area contributed by atoms with Gasteiger partial charge in [0, 0.05) is 19.6 Å². The van der Waals surface area contributed by atoms with E-state index >= 15 is 0 Å². The van der Waals surface area contributed by atoms with Crippen molar-refractivity contribution in [1.29, 1.82) is 0 Å². The van der Waals surface area contributed by atoms with E-state index in [1.807, 2.05) is 18.2 Å². The van der Waals surface area contributed by atoms with Crippen LogP contribution in [-0.2, 0) is 17.9 Å². The van der Waals surface area contributed by atoms with Gasteiger partial charge in [-0.15, -0.1) is 0 Å². The fourth-order valence-electron chi connectivity index (χ4n) is 2.47. The minimum atomic E-state index is 0.00964. The zero-order chi connectivity index (χ0) is 13.6. The van der Waals surface area contributed by atoms with Crippen LogP contribution in [0, 0.1) is 0 Å². The first-order valence-electron chi connectivity index (χ1n) is 7.09. The Bertz CT molecular complexity index is 515. The lowest BCUT2D eigenvalue weighted by atomic mass is 10.2. The molecular formula is C17H20N2O. The molecule has 0 unspecified atom stereocenters. The lowest BCUT2D eigenvalue weighted by Gasteiger charge is -2.24. The molecule has 104 valence electrons. The van der Waals surface area contributed by atoms with Crippen LogP contribution in [-0.4, -0.2) is 24.3 Å². The standard InChI is InChI=1S/C17H20N2O/c1-3-7-15(8-4-1)13-19-12-11-18-17(19)20-14-16-9-5-2-6-10-16/h1-10,17-18H,11-14H2/t17-/m0/s1. The van der Waals surface area contributed by atoms with E-state index in [0.717, 1.165) is 19.6 Å². The summed E-state index contributed by atoms with van der Waals surface area (Å²) in [5, 5.41) is 3.40. The number of rotatable bonds is 5. The van der Waals surface area contributed by atoms with E-state index in [1.54, 1.807) is 0 Å². The second-order valence-corrected chi connectivity index (χ2v) is 5.06. The summed E-state index contributed by atoms with van der Waals surface area (Å²) in [6.45, 7) is 3.57. The lowest BCUT2D eigenvalue weighted by Crippen LogP contribution is -2.37. The molecule has 2 aromatic carbocycles. The van der Waals surface area contributed by atoms with Gasteiger partial charge in [0.25, 0.3) is 0 Å². The van der Waals surface area contributed by atoms with Crippen molar-refractivity contribution in [2.24, 2.45) is 0 Å². The van der Waals surface area contributed by atoms with Crippen LogP contribution in [0.5, 0.6) is 0 Å². The van der Waals surface area contributed by atoms with Crippen molar-refractivity contribution in [3.05, 3.63) is 71.8 Å². The van der Waals surface area contributed by atoms with Crippen LogP contribution in [0.1, 0.15) is 11.1 Å². The van der Waals surface area contributed by atoms with E-state index in [0.29, 0.717) is 6.61 Å². The summed E-state index contributed by atoms with van der Waals surface area (Å²) in [5.74, 6) is 0. The van der Waals surface area contributed by atoms with Crippen molar-refractivity contribution in [3.63, 3.8) is 0 Å². The summed E-state index contributed by atoms with van der Waals surface area (Å²) in [4.78, 5) is 2.33. The molecule has 2 aromatic rings. The normalized spacial score (nSPS) is 19.3. The van der Waals surface area contributed by atoms with Crippen LogP contribution >= 0.6 is 0 Å². The van der Waals surface area contributed by atoms with Gasteiger partial charge in [-0.05, 0) is 11.1 Å². The van der Waals surface area contributed by atoms with E-state index in [-0.39, 0.29) is 6.35 Å². The van der Waals surface area contributed by atoms with E-state index in [4.69, 9.17) is 4.74 Å². The highest BCUT2D eigenvalue weighted by molar-refractivity contribution is 5.15. The quantitative estimate of drug-likeness (QED) is 0.902. The molecule has 0 aromatic heterocycles. The molecule has 1 saturated heterocycles. The molecule has 1 atom stereocenters. The van der Waals surface area contributed by atoms with Crippen molar-refractivity contribution < 1.29 is 4.74 Å². The number of ether oxygens (including phenoxy) is 1. The molecule has 1 aliphatic rings. The van der Waals surface area contributed by atoms with Crippen molar-refractivity contribution in [2.75, 3.05) is 13.1 Å². The Balaban J connectivity index is 1.56. The highest BCUT2D eigenvalue weighted by atomic mass is 16.5. The predicted molar refractivity (Wildman–Crippen MR) is 79.9 cm³/mol. The fraction of sp³-hybridized carbons (Fsp3) is 0.294. The van der Waals surface area contributed by atoms with Crippen LogP contribution in [0.4, 0.5) is 0 Å². The maximum atomic E-state index is 5.99. The molecule has 1 N–H and O–H groups in total. The summed E-state index contributed by atoms with van der Waals surface area (Å²) >= 11 is 0. The number of nitrogens with one attached hydrogen (secondary N) is 1. The molecule has 0 aliphatic carbocycles. The first kappa shape index (κ1) is 13.3. The molecule has 3 nitrogen and oxygen atoms in total. The molecule has 0 saturated carbocycles. The summed E-state index contributed by atoms with van der Waals surface area (Å²) in [6, 6.07) is 20.8. The first-order valence-corrected chi connectivity index (χ1v) is 7.09. The maximum Gasteiger partial charge on any atom is 0.166 e. The van der Waals surface area contributed by atoms with Crippen LogP contribution in [0.3, 0.4) is 0 Å². The lowest BCUT2D eigenvalue weighted by molar-refractivity contribution is -0.0618. The SMILES string of the molecule is c1ccc(CO[C@H]2NCCN2Cc2ccccc2)cc1. The molecule has 0 bridgehead atoms. The average molecular weight is 268 g/mol. The molecule has 20 heavy (non-hydrogen) atoms. The summed E-state index contributed by atoms with van der Waals surface area (Å²) in [6.07, 6.45) is 0.00964. The average Bonchev–Trinajstić information content (AvgIpc) is 2.94. The monoisotopic (exact) mass is 268 g/mol. The van der Waals surface area contributed by atoms with E-state index in [2.05, 4.69) is 52.7 Å². The Kier molecular flexibility index (Phi) is 4.43. The van der Waals surface area contributed by atoms with Gasteiger partial charge in [-0.2, -0.15) is 0 Å². The van der Waals surface area contributed by atoms with Gasteiger partial charge >= 0.3 is 0 Å². The Morgan fingerprint density at radius 2 is 1.60 bits per heavy atom. The third-order valence-corrected chi connectivity index (χ3v) is 3.53. The van der Waals surface area contributed by atoms with Crippen LogP contribution in [0.2, 0.25) is 0 Å². The van der Waals surface area contributed by atoms with Crippen molar-refractivity contribution >= 4 is 0 Å². The van der Waals surface area contributed by atoms with E-state index in [9.17, 15) is 0 Å². The molecule has 0 radical (unpaired) electrons. The van der Waals surface area contributed by atoms with Gasteiger partial charge in [-0.25, -0.2) is 0 Å². The zero-order valence-electron chi connectivity index (χ0n) is 11.5. The molecule has 3 rings (SSSR count). The van der Waals surface area contributed by atoms with Crippen LogP contribution in [0.15, 0.2) is 60.7 Å². The number of benzene rings is 2. The highest BCUT2D eigenvalue weighted by Gasteiger charge is 2.24. The van der Waals surface area contributed by atoms with Gasteiger partial charge in [0.1, 0.15) is 0 Å². The van der Waals surface area contributed by atoms with Crippen LogP contribution in [0.25, 0.3) is 0 Å².